The van der Waals surface area contributed by atoms with Crippen LogP contribution in [-0.4, -0.2) is 38.3 Å². The fourth-order valence-electron chi connectivity index (χ4n) is 2.29. The van der Waals surface area contributed by atoms with Gasteiger partial charge in [-0.3, -0.25) is 4.79 Å². The Morgan fingerprint density at radius 3 is 2.95 bits per heavy atom. The van der Waals surface area contributed by atoms with E-state index in [0.29, 0.717) is 6.61 Å². The third-order valence-electron chi connectivity index (χ3n) is 3.39. The Bertz CT molecular complexity index is 456. The molecule has 0 fully saturated rings. The van der Waals surface area contributed by atoms with Crippen LogP contribution in [0.4, 0.5) is 0 Å². The number of nitrogens with one attached hydrogen (secondary N) is 1. The number of methoxy groups -OCH3 is 1. The molecule has 0 saturated heterocycles. The minimum atomic E-state index is -0.634. The van der Waals surface area contributed by atoms with Gasteiger partial charge in [0.1, 0.15) is 11.8 Å². The quantitative estimate of drug-likeness (QED) is 0.853. The summed E-state index contributed by atoms with van der Waals surface area (Å²) in [5, 5.41) is 2.92. The molecule has 1 aliphatic rings. The lowest BCUT2D eigenvalue weighted by Crippen LogP contribution is -2.48. The van der Waals surface area contributed by atoms with Gasteiger partial charge < -0.3 is 20.5 Å². The highest BCUT2D eigenvalue weighted by atomic mass is 35.5. The maximum atomic E-state index is 11.9. The van der Waals surface area contributed by atoms with Crippen LogP contribution in [0.2, 0.25) is 0 Å². The highest BCUT2D eigenvalue weighted by Gasteiger charge is 2.30. The van der Waals surface area contributed by atoms with E-state index < -0.39 is 6.04 Å². The molecule has 0 saturated carbocycles. The number of hydrogen-bond donors (Lipinski definition) is 2. The fourth-order valence-corrected chi connectivity index (χ4v) is 2.29. The molecule has 1 heterocycles. The van der Waals surface area contributed by atoms with Gasteiger partial charge in [0.15, 0.2) is 0 Å². The Hall–Kier alpha value is -1.30. The number of fused-ring (bicyclic) bond motifs is 1. The monoisotopic (exact) mass is 300 g/mol. The second-order valence-corrected chi connectivity index (χ2v) is 4.81. The minimum Gasteiger partial charge on any atom is -0.493 e. The van der Waals surface area contributed by atoms with Crippen molar-refractivity contribution in [1.29, 1.82) is 0 Å². The number of carbonyl (C=O) groups excluding carboxylic acids is 1. The lowest BCUT2D eigenvalue weighted by atomic mass is 9.94. The molecule has 5 nitrogen and oxygen atoms in total. The van der Waals surface area contributed by atoms with Crippen LogP contribution in [0.3, 0.4) is 0 Å². The Balaban J connectivity index is 0.00000200. The van der Waals surface area contributed by atoms with Gasteiger partial charge in [-0.05, 0) is 13.0 Å². The summed E-state index contributed by atoms with van der Waals surface area (Å²) < 4.78 is 10.5. The molecule has 0 aromatic heterocycles. The number of hydrogen-bond acceptors (Lipinski definition) is 4. The summed E-state index contributed by atoms with van der Waals surface area (Å²) in [6, 6.07) is 7.24. The molecule has 0 radical (unpaired) electrons. The zero-order valence-electron chi connectivity index (χ0n) is 11.7. The lowest BCUT2D eigenvalue weighted by molar-refractivity contribution is -0.124. The number of halogens is 1. The van der Waals surface area contributed by atoms with Crippen LogP contribution >= 0.6 is 12.4 Å². The summed E-state index contributed by atoms with van der Waals surface area (Å²) in [5.74, 6) is 0.864. The molecule has 3 unspecified atom stereocenters. The molecule has 1 aromatic rings. The van der Waals surface area contributed by atoms with Gasteiger partial charge in [0, 0.05) is 24.6 Å². The Morgan fingerprint density at radius 1 is 1.55 bits per heavy atom. The van der Waals surface area contributed by atoms with Crippen LogP contribution in [-0.2, 0) is 9.53 Å². The highest BCUT2D eigenvalue weighted by Crippen LogP contribution is 2.35. The molecule has 0 spiro atoms. The van der Waals surface area contributed by atoms with E-state index in [1.807, 2.05) is 31.2 Å². The normalized spacial score (nSPS) is 19.2. The van der Waals surface area contributed by atoms with Crippen LogP contribution in [0.1, 0.15) is 18.4 Å². The van der Waals surface area contributed by atoms with E-state index in [1.54, 1.807) is 0 Å². The molecule has 1 aromatic carbocycles. The van der Waals surface area contributed by atoms with Gasteiger partial charge in [0.2, 0.25) is 5.91 Å². The number of nitrogens with two attached hydrogens (primary N) is 1. The zero-order valence-corrected chi connectivity index (χ0v) is 12.5. The van der Waals surface area contributed by atoms with Crippen molar-refractivity contribution < 1.29 is 14.3 Å². The van der Waals surface area contributed by atoms with Gasteiger partial charge in [0.25, 0.3) is 0 Å². The van der Waals surface area contributed by atoms with Crippen LogP contribution in [0.15, 0.2) is 24.3 Å². The highest BCUT2D eigenvalue weighted by molar-refractivity contribution is 5.85. The first-order chi connectivity index (χ1) is 9.13. The number of amides is 1. The summed E-state index contributed by atoms with van der Waals surface area (Å²) in [5.41, 5.74) is 6.84. The number of ether oxygens (including phenoxy) is 2. The Labute approximate surface area is 125 Å². The van der Waals surface area contributed by atoms with E-state index in [0.717, 1.165) is 11.3 Å². The first-order valence-corrected chi connectivity index (χ1v) is 6.40. The van der Waals surface area contributed by atoms with Gasteiger partial charge in [-0.1, -0.05) is 18.2 Å². The van der Waals surface area contributed by atoms with E-state index >= 15 is 0 Å². The number of benzene rings is 1. The molecule has 3 atom stereocenters. The fraction of sp³-hybridized carbons (Fsp3) is 0.500. The zero-order chi connectivity index (χ0) is 13.8. The van der Waals surface area contributed by atoms with Crippen molar-refractivity contribution in [2.75, 3.05) is 20.3 Å². The predicted octanol–water partition coefficient (Wildman–Crippen LogP) is 1.06. The SMILES string of the molecule is COCC(N)C(=O)NC(C)C1COc2ccccc21.Cl. The second kappa shape index (κ2) is 7.47. The van der Waals surface area contributed by atoms with Gasteiger partial charge in [-0.25, -0.2) is 0 Å². The average molecular weight is 301 g/mol. The molecule has 2 rings (SSSR count). The molecule has 1 aliphatic heterocycles. The van der Waals surface area contributed by atoms with E-state index in [1.165, 1.54) is 7.11 Å². The molecular formula is C14H21ClN2O3. The van der Waals surface area contributed by atoms with Crippen LogP contribution in [0.5, 0.6) is 5.75 Å². The third-order valence-corrected chi connectivity index (χ3v) is 3.39. The van der Waals surface area contributed by atoms with E-state index in [4.69, 9.17) is 15.2 Å². The molecule has 112 valence electrons. The van der Waals surface area contributed by atoms with Crippen LogP contribution < -0.4 is 15.8 Å². The number of carbonyl (C=O) groups is 1. The van der Waals surface area contributed by atoms with Crippen molar-refractivity contribution in [3.8, 4) is 5.75 Å². The summed E-state index contributed by atoms with van der Waals surface area (Å²) in [6.07, 6.45) is 0. The van der Waals surface area contributed by atoms with Crippen molar-refractivity contribution in [3.63, 3.8) is 0 Å². The third kappa shape index (κ3) is 3.62. The molecule has 1 amide bonds. The Kier molecular flexibility index (Phi) is 6.26. The number of rotatable bonds is 5. The molecule has 6 heteroatoms. The standard InChI is InChI=1S/C14H20N2O3.ClH/c1-9(16-14(17)12(15)8-18-2)11-7-19-13-6-4-3-5-10(11)13;/h3-6,9,11-12H,7-8,15H2,1-2H3,(H,16,17);1H. The summed E-state index contributed by atoms with van der Waals surface area (Å²) >= 11 is 0. The van der Waals surface area contributed by atoms with E-state index in [-0.39, 0.29) is 36.9 Å². The smallest absolute Gasteiger partial charge is 0.239 e. The van der Waals surface area contributed by atoms with Gasteiger partial charge in [-0.15, -0.1) is 12.4 Å². The summed E-state index contributed by atoms with van der Waals surface area (Å²) in [6.45, 7) is 2.77. The van der Waals surface area contributed by atoms with Crippen molar-refractivity contribution >= 4 is 18.3 Å². The van der Waals surface area contributed by atoms with Gasteiger partial charge >= 0.3 is 0 Å². The summed E-state index contributed by atoms with van der Waals surface area (Å²) in [4.78, 5) is 11.9. The first-order valence-electron chi connectivity index (χ1n) is 6.40. The molecule has 0 aliphatic carbocycles. The first kappa shape index (κ1) is 16.8. The van der Waals surface area contributed by atoms with Crippen LogP contribution in [0.25, 0.3) is 0 Å². The molecular weight excluding hydrogens is 280 g/mol. The maximum absolute atomic E-state index is 11.9. The minimum absolute atomic E-state index is 0. The van der Waals surface area contributed by atoms with Crippen molar-refractivity contribution in [2.45, 2.75) is 24.9 Å². The topological polar surface area (TPSA) is 73.6 Å². The maximum Gasteiger partial charge on any atom is 0.239 e. The van der Waals surface area contributed by atoms with E-state index in [9.17, 15) is 4.79 Å². The van der Waals surface area contributed by atoms with Crippen LogP contribution in [0, 0.1) is 0 Å². The van der Waals surface area contributed by atoms with Crippen molar-refractivity contribution in [2.24, 2.45) is 5.73 Å². The summed E-state index contributed by atoms with van der Waals surface area (Å²) in [7, 11) is 1.53. The second-order valence-electron chi connectivity index (χ2n) is 4.81. The predicted molar refractivity (Wildman–Crippen MR) is 79.4 cm³/mol. The van der Waals surface area contributed by atoms with E-state index in [2.05, 4.69) is 5.32 Å². The number of para-hydroxylation sites is 1. The lowest BCUT2D eigenvalue weighted by Gasteiger charge is -2.21. The molecule has 0 bridgehead atoms. The molecule has 20 heavy (non-hydrogen) atoms. The molecule has 3 N–H and O–H groups in total. The van der Waals surface area contributed by atoms with Crippen molar-refractivity contribution in [1.82, 2.24) is 5.32 Å². The average Bonchev–Trinajstić information content (AvgIpc) is 2.82. The Morgan fingerprint density at radius 2 is 2.25 bits per heavy atom. The largest absolute Gasteiger partial charge is 0.493 e. The van der Waals surface area contributed by atoms with Crippen molar-refractivity contribution in [3.05, 3.63) is 29.8 Å². The van der Waals surface area contributed by atoms with Gasteiger partial charge in [-0.2, -0.15) is 0 Å². The van der Waals surface area contributed by atoms with Gasteiger partial charge in [0.05, 0.1) is 13.2 Å².